The summed E-state index contributed by atoms with van der Waals surface area (Å²) >= 11 is 0. The predicted octanol–water partition coefficient (Wildman–Crippen LogP) is 3.37. The summed E-state index contributed by atoms with van der Waals surface area (Å²) in [5.41, 5.74) is 0.395. The van der Waals surface area contributed by atoms with Gasteiger partial charge in [0.15, 0.2) is 0 Å². The maximum Gasteiger partial charge on any atom is 0.0928 e. The first-order valence-electron chi connectivity index (χ1n) is 9.94. The average molecular weight is 342 g/mol. The number of hydrogen-bond donors (Lipinski definition) is 2. The number of likely N-dealkylation sites (N-methyl/N-ethyl adjacent to an activating group) is 1. The maximum atomic E-state index is 9.77. The Morgan fingerprint density at radius 1 is 1.00 bits per heavy atom. The van der Waals surface area contributed by atoms with Gasteiger partial charge in [0.05, 0.1) is 24.9 Å². The van der Waals surface area contributed by atoms with Crippen molar-refractivity contribution in [3.05, 3.63) is 0 Å². The fourth-order valence-electron chi connectivity index (χ4n) is 4.81. The third-order valence-electron chi connectivity index (χ3n) is 6.76. The Hall–Kier alpha value is -0.160. The van der Waals surface area contributed by atoms with Gasteiger partial charge in [0.2, 0.25) is 0 Å². The molecule has 0 aliphatic heterocycles. The molecule has 1 atom stereocenters. The van der Waals surface area contributed by atoms with E-state index in [1.54, 1.807) is 7.11 Å². The Morgan fingerprint density at radius 3 is 2.04 bits per heavy atom. The van der Waals surface area contributed by atoms with Crippen molar-refractivity contribution >= 4 is 0 Å². The van der Waals surface area contributed by atoms with E-state index >= 15 is 0 Å². The van der Waals surface area contributed by atoms with Crippen LogP contribution in [0, 0.1) is 17.3 Å². The van der Waals surface area contributed by atoms with Gasteiger partial charge in [-0.2, -0.15) is 0 Å². The molecule has 2 fully saturated rings. The Bertz CT molecular complexity index is 345. The van der Waals surface area contributed by atoms with Crippen molar-refractivity contribution < 1.29 is 14.6 Å². The Kier molecular flexibility index (Phi) is 7.99. The lowest BCUT2D eigenvalue weighted by molar-refractivity contribution is -0.0564. The molecule has 0 aromatic rings. The summed E-state index contributed by atoms with van der Waals surface area (Å²) in [5.74, 6) is 1.57. The van der Waals surface area contributed by atoms with E-state index in [1.807, 2.05) is 7.05 Å². The highest BCUT2D eigenvalue weighted by Crippen LogP contribution is 2.48. The fourth-order valence-corrected chi connectivity index (χ4v) is 4.81. The van der Waals surface area contributed by atoms with Gasteiger partial charge in [-0.05, 0) is 75.7 Å². The van der Waals surface area contributed by atoms with Crippen LogP contribution in [0.4, 0.5) is 0 Å². The van der Waals surface area contributed by atoms with Gasteiger partial charge in [0.1, 0.15) is 0 Å². The molecule has 2 aliphatic carbocycles. The molecule has 0 bridgehead atoms. The predicted molar refractivity (Wildman–Crippen MR) is 98.2 cm³/mol. The van der Waals surface area contributed by atoms with Crippen LogP contribution in [0.1, 0.15) is 65.2 Å². The number of hydrogen-bond acceptors (Lipinski definition) is 4. The van der Waals surface area contributed by atoms with E-state index in [4.69, 9.17) is 9.47 Å². The third kappa shape index (κ3) is 5.42. The first-order chi connectivity index (χ1) is 11.5. The monoisotopic (exact) mass is 341 g/mol. The molecule has 2 saturated carbocycles. The Labute approximate surface area is 148 Å². The van der Waals surface area contributed by atoms with Crippen molar-refractivity contribution in [1.29, 1.82) is 0 Å². The van der Waals surface area contributed by atoms with Crippen molar-refractivity contribution in [3.63, 3.8) is 0 Å². The summed E-state index contributed by atoms with van der Waals surface area (Å²) in [6.45, 7) is 6.47. The number of rotatable bonds is 8. The zero-order chi connectivity index (χ0) is 17.6. The van der Waals surface area contributed by atoms with Crippen LogP contribution in [-0.4, -0.2) is 50.7 Å². The zero-order valence-electron chi connectivity index (χ0n) is 16.2. The first-order valence-corrected chi connectivity index (χ1v) is 9.94. The smallest absolute Gasteiger partial charge is 0.0928 e. The van der Waals surface area contributed by atoms with Crippen molar-refractivity contribution in [2.24, 2.45) is 17.3 Å². The molecule has 2 N–H and O–H groups in total. The molecule has 4 heteroatoms. The van der Waals surface area contributed by atoms with Crippen molar-refractivity contribution in [1.82, 2.24) is 5.32 Å². The van der Waals surface area contributed by atoms with Gasteiger partial charge in [-0.1, -0.05) is 13.8 Å². The van der Waals surface area contributed by atoms with Gasteiger partial charge in [0.25, 0.3) is 0 Å². The summed E-state index contributed by atoms with van der Waals surface area (Å²) < 4.78 is 11.5. The minimum atomic E-state index is -0.0486. The van der Waals surface area contributed by atoms with Gasteiger partial charge in [0, 0.05) is 13.7 Å². The average Bonchev–Trinajstić information content (AvgIpc) is 2.59. The molecule has 0 aromatic heterocycles. The largest absolute Gasteiger partial charge is 0.393 e. The summed E-state index contributed by atoms with van der Waals surface area (Å²) in [6, 6.07) is 0. The van der Waals surface area contributed by atoms with Gasteiger partial charge in [-0.3, -0.25) is 0 Å². The van der Waals surface area contributed by atoms with E-state index in [-0.39, 0.29) is 12.2 Å². The van der Waals surface area contributed by atoms with Crippen LogP contribution >= 0.6 is 0 Å². The molecule has 0 amide bonds. The molecule has 0 radical (unpaired) electrons. The minimum Gasteiger partial charge on any atom is -0.393 e. The molecule has 0 spiro atoms. The van der Waals surface area contributed by atoms with E-state index in [2.05, 4.69) is 19.2 Å². The second kappa shape index (κ2) is 9.51. The standard InChI is InChI=1S/C20H39NO3/c1-20(2,15-5-9-17(22)10-6-15)16-7-11-18(12-8-16)24-14-19(23-4)13-21-3/h15-19,21-22H,5-14H2,1-4H3. The highest BCUT2D eigenvalue weighted by molar-refractivity contribution is 4.90. The molecular formula is C20H39NO3. The van der Waals surface area contributed by atoms with Crippen molar-refractivity contribution in [2.75, 3.05) is 27.3 Å². The second-order valence-corrected chi connectivity index (χ2v) is 8.55. The molecule has 0 heterocycles. The van der Waals surface area contributed by atoms with E-state index < -0.39 is 0 Å². The SMILES string of the molecule is CNCC(COC1CCC(C(C)(C)C2CCC(O)CC2)CC1)OC. The molecule has 2 aliphatic rings. The number of aliphatic hydroxyl groups excluding tert-OH is 1. The molecule has 4 nitrogen and oxygen atoms in total. The minimum absolute atomic E-state index is 0.0486. The Morgan fingerprint density at radius 2 is 1.54 bits per heavy atom. The maximum absolute atomic E-state index is 9.77. The molecule has 142 valence electrons. The van der Waals surface area contributed by atoms with Crippen molar-refractivity contribution in [3.8, 4) is 0 Å². The Balaban J connectivity index is 1.75. The second-order valence-electron chi connectivity index (χ2n) is 8.55. The lowest BCUT2D eigenvalue weighted by Gasteiger charge is -2.46. The van der Waals surface area contributed by atoms with E-state index in [0.29, 0.717) is 18.1 Å². The molecule has 2 rings (SSSR count). The topological polar surface area (TPSA) is 50.7 Å². The zero-order valence-corrected chi connectivity index (χ0v) is 16.2. The quantitative estimate of drug-likeness (QED) is 0.711. The van der Waals surface area contributed by atoms with Crippen LogP contribution in [-0.2, 0) is 9.47 Å². The van der Waals surface area contributed by atoms with Crippen LogP contribution in [0.25, 0.3) is 0 Å². The molecule has 1 unspecified atom stereocenters. The van der Waals surface area contributed by atoms with E-state index in [9.17, 15) is 5.11 Å². The number of methoxy groups -OCH3 is 1. The van der Waals surface area contributed by atoms with Gasteiger partial charge >= 0.3 is 0 Å². The van der Waals surface area contributed by atoms with Crippen LogP contribution in [0.5, 0.6) is 0 Å². The lowest BCUT2D eigenvalue weighted by Crippen LogP contribution is -2.39. The summed E-state index contributed by atoms with van der Waals surface area (Å²) in [4.78, 5) is 0. The van der Waals surface area contributed by atoms with Crippen LogP contribution < -0.4 is 5.32 Å². The van der Waals surface area contributed by atoms with Gasteiger partial charge in [-0.25, -0.2) is 0 Å². The number of ether oxygens (including phenoxy) is 2. The molecular weight excluding hydrogens is 302 g/mol. The summed E-state index contributed by atoms with van der Waals surface area (Å²) in [5, 5.41) is 12.9. The summed E-state index contributed by atoms with van der Waals surface area (Å²) in [7, 11) is 3.70. The lowest BCUT2D eigenvalue weighted by atomic mass is 9.60. The van der Waals surface area contributed by atoms with E-state index in [1.165, 1.54) is 38.5 Å². The normalized spacial score (nSPS) is 33.4. The highest BCUT2D eigenvalue weighted by atomic mass is 16.5. The van der Waals surface area contributed by atoms with E-state index in [0.717, 1.165) is 31.2 Å². The summed E-state index contributed by atoms with van der Waals surface area (Å²) in [6.07, 6.45) is 9.81. The molecule has 0 saturated heterocycles. The fraction of sp³-hybridized carbons (Fsp3) is 1.00. The highest BCUT2D eigenvalue weighted by Gasteiger charge is 2.40. The first kappa shape index (κ1) is 20.2. The molecule has 0 aromatic carbocycles. The van der Waals surface area contributed by atoms with Crippen LogP contribution in [0.3, 0.4) is 0 Å². The van der Waals surface area contributed by atoms with Crippen LogP contribution in [0.15, 0.2) is 0 Å². The number of nitrogens with one attached hydrogen (secondary N) is 1. The van der Waals surface area contributed by atoms with Gasteiger partial charge in [-0.15, -0.1) is 0 Å². The number of aliphatic hydroxyl groups is 1. The van der Waals surface area contributed by atoms with Crippen molar-refractivity contribution in [2.45, 2.75) is 83.5 Å². The third-order valence-corrected chi connectivity index (χ3v) is 6.76. The van der Waals surface area contributed by atoms with Crippen LogP contribution in [0.2, 0.25) is 0 Å². The van der Waals surface area contributed by atoms with Gasteiger partial charge < -0.3 is 19.9 Å². The molecule has 24 heavy (non-hydrogen) atoms.